The summed E-state index contributed by atoms with van der Waals surface area (Å²) in [6.45, 7) is 8.18. The van der Waals surface area contributed by atoms with Crippen LogP contribution in [0.3, 0.4) is 0 Å². The Balaban J connectivity index is 0.000000574. The van der Waals surface area contributed by atoms with Crippen molar-refractivity contribution in [2.24, 2.45) is 0 Å². The van der Waals surface area contributed by atoms with Gasteiger partial charge in [-0.05, 0) is 54.2 Å². The number of aromatic nitrogens is 1. The van der Waals surface area contributed by atoms with Crippen molar-refractivity contribution < 1.29 is 0 Å². The van der Waals surface area contributed by atoms with Crippen molar-refractivity contribution in [3.05, 3.63) is 57.0 Å². The lowest BCUT2D eigenvalue weighted by Crippen LogP contribution is -2.08. The average molecular weight is 241 g/mol. The van der Waals surface area contributed by atoms with Crippen molar-refractivity contribution in [3.63, 3.8) is 0 Å². The lowest BCUT2D eigenvalue weighted by Gasteiger charge is -2.06. The Hall–Kier alpha value is -1.83. The number of aryl methyl sites for hydroxylation is 2. The number of fused-ring (bicyclic) bond motifs is 3. The maximum Gasteiger partial charge on any atom is 0.256 e. The van der Waals surface area contributed by atoms with E-state index in [1.165, 1.54) is 16.7 Å². The third-order valence-corrected chi connectivity index (χ3v) is 3.42. The topological polar surface area (TPSA) is 32.9 Å². The lowest BCUT2D eigenvalue weighted by molar-refractivity contribution is 1.18. The van der Waals surface area contributed by atoms with Crippen LogP contribution >= 0.6 is 0 Å². The summed E-state index contributed by atoms with van der Waals surface area (Å²) in [5.41, 5.74) is 6.98. The van der Waals surface area contributed by atoms with Crippen molar-refractivity contribution in [2.45, 2.75) is 34.1 Å². The van der Waals surface area contributed by atoms with Gasteiger partial charge in [-0.2, -0.15) is 0 Å². The van der Waals surface area contributed by atoms with E-state index >= 15 is 0 Å². The molecule has 1 aliphatic rings. The summed E-state index contributed by atoms with van der Waals surface area (Å²) in [6.07, 6.45) is 2.62. The molecule has 0 aliphatic heterocycles. The van der Waals surface area contributed by atoms with Crippen LogP contribution in [0.1, 0.15) is 36.1 Å². The average Bonchev–Trinajstić information content (AvgIpc) is 2.78. The van der Waals surface area contributed by atoms with Crippen molar-refractivity contribution in [1.29, 1.82) is 0 Å². The molecule has 2 heteroatoms. The summed E-state index contributed by atoms with van der Waals surface area (Å²) in [7, 11) is 0. The highest BCUT2D eigenvalue weighted by Crippen LogP contribution is 2.37. The highest BCUT2D eigenvalue weighted by atomic mass is 16.1. The number of benzene rings is 1. The molecule has 0 amide bonds. The van der Waals surface area contributed by atoms with E-state index in [1.807, 2.05) is 19.9 Å². The van der Waals surface area contributed by atoms with Gasteiger partial charge in [0.25, 0.3) is 5.56 Å². The maximum absolute atomic E-state index is 11.9. The number of nitrogens with one attached hydrogen (secondary N) is 1. The highest BCUT2D eigenvalue weighted by Gasteiger charge is 2.23. The van der Waals surface area contributed by atoms with Gasteiger partial charge in [-0.25, -0.2) is 0 Å². The van der Waals surface area contributed by atoms with Gasteiger partial charge in [-0.1, -0.05) is 26.0 Å². The van der Waals surface area contributed by atoms with E-state index in [4.69, 9.17) is 0 Å². The molecule has 2 aromatic rings. The molecule has 0 radical (unpaired) electrons. The number of rotatable bonds is 0. The molecule has 0 saturated heterocycles. The molecule has 94 valence electrons. The molecule has 0 spiro atoms. The fourth-order valence-electron chi connectivity index (χ4n) is 2.58. The van der Waals surface area contributed by atoms with E-state index in [0.29, 0.717) is 0 Å². The molecule has 18 heavy (non-hydrogen) atoms. The van der Waals surface area contributed by atoms with Crippen LogP contribution in [0.4, 0.5) is 0 Å². The second-order valence-electron chi connectivity index (χ2n) is 4.44. The molecule has 2 nitrogen and oxygen atoms in total. The number of pyridine rings is 1. The predicted molar refractivity (Wildman–Crippen MR) is 76.1 cm³/mol. The number of hydrogen-bond donors (Lipinski definition) is 1. The molecule has 0 saturated carbocycles. The molecule has 0 bridgehead atoms. The largest absolute Gasteiger partial charge is 0.329 e. The van der Waals surface area contributed by atoms with E-state index in [2.05, 4.69) is 31.0 Å². The fourth-order valence-corrected chi connectivity index (χ4v) is 2.58. The van der Waals surface area contributed by atoms with Gasteiger partial charge in [-0.3, -0.25) is 4.79 Å². The maximum atomic E-state index is 11.9. The predicted octanol–water partition coefficient (Wildman–Crippen LogP) is 3.59. The molecule has 0 fully saturated rings. The zero-order chi connectivity index (χ0) is 13.3. The normalized spacial score (nSPS) is 11.3. The molecule has 0 unspecified atom stereocenters. The molecular weight excluding hydrogens is 222 g/mol. The van der Waals surface area contributed by atoms with Crippen molar-refractivity contribution in [2.75, 3.05) is 0 Å². The van der Waals surface area contributed by atoms with Crippen molar-refractivity contribution in [3.8, 4) is 11.1 Å². The Morgan fingerprint density at radius 1 is 1.00 bits per heavy atom. The quantitative estimate of drug-likeness (QED) is 0.641. The van der Waals surface area contributed by atoms with Gasteiger partial charge in [0.15, 0.2) is 0 Å². The summed E-state index contributed by atoms with van der Waals surface area (Å²) in [4.78, 5) is 14.6. The monoisotopic (exact) mass is 241 g/mol. The first-order valence-corrected chi connectivity index (χ1v) is 6.48. The van der Waals surface area contributed by atoms with Crippen LogP contribution in [0.5, 0.6) is 0 Å². The SMILES string of the molecule is CC.Cc1ccc(C)c2c1Cc1cc[nH]c(=O)c1-2. The Morgan fingerprint density at radius 2 is 1.67 bits per heavy atom. The van der Waals surface area contributed by atoms with E-state index < -0.39 is 0 Å². The first-order chi connectivity index (χ1) is 8.68. The van der Waals surface area contributed by atoms with Crippen LogP contribution in [0, 0.1) is 13.8 Å². The zero-order valence-corrected chi connectivity index (χ0v) is 11.4. The van der Waals surface area contributed by atoms with Crippen LogP contribution in [-0.4, -0.2) is 4.98 Å². The van der Waals surface area contributed by atoms with Crippen molar-refractivity contribution in [1.82, 2.24) is 4.98 Å². The smallest absolute Gasteiger partial charge is 0.256 e. The van der Waals surface area contributed by atoms with Crippen LogP contribution in [0.2, 0.25) is 0 Å². The third kappa shape index (κ3) is 1.78. The van der Waals surface area contributed by atoms with E-state index in [9.17, 15) is 4.79 Å². The first kappa shape index (κ1) is 12.6. The molecule has 0 atom stereocenters. The Labute approximate surface area is 108 Å². The summed E-state index contributed by atoms with van der Waals surface area (Å²) >= 11 is 0. The van der Waals surface area contributed by atoms with Gasteiger partial charge >= 0.3 is 0 Å². The van der Waals surface area contributed by atoms with Gasteiger partial charge in [-0.15, -0.1) is 0 Å². The minimum absolute atomic E-state index is 0.0324. The fraction of sp³-hybridized carbons (Fsp3) is 0.312. The second kappa shape index (κ2) is 4.81. The van der Waals surface area contributed by atoms with Gasteiger partial charge in [0.1, 0.15) is 0 Å². The number of H-pyrrole nitrogens is 1. The molecule has 1 N–H and O–H groups in total. The minimum Gasteiger partial charge on any atom is -0.329 e. The van der Waals surface area contributed by atoms with Crippen LogP contribution in [0.25, 0.3) is 11.1 Å². The second-order valence-corrected chi connectivity index (χ2v) is 4.44. The molecule has 3 rings (SSSR count). The number of aromatic amines is 1. The summed E-state index contributed by atoms with van der Waals surface area (Å²) in [5.74, 6) is 0. The van der Waals surface area contributed by atoms with Crippen molar-refractivity contribution >= 4 is 0 Å². The standard InChI is InChI=1S/C14H13NO.C2H6/c1-8-3-4-9(2)12-11(8)7-10-5-6-15-14(16)13(10)12;1-2/h3-6H,7H2,1-2H3,(H,15,16);1-2H3. The van der Waals surface area contributed by atoms with E-state index in [0.717, 1.165) is 23.1 Å². The van der Waals surface area contributed by atoms with E-state index in [1.54, 1.807) is 6.20 Å². The Morgan fingerprint density at radius 3 is 2.39 bits per heavy atom. The molecule has 1 aromatic heterocycles. The molecule has 1 heterocycles. The minimum atomic E-state index is 0.0324. The van der Waals surface area contributed by atoms with Gasteiger partial charge in [0.2, 0.25) is 0 Å². The summed E-state index contributed by atoms with van der Waals surface area (Å²) in [5, 5.41) is 0. The molecule has 1 aromatic carbocycles. The zero-order valence-electron chi connectivity index (χ0n) is 11.4. The summed E-state index contributed by atoms with van der Waals surface area (Å²) < 4.78 is 0. The van der Waals surface area contributed by atoms with Crippen LogP contribution < -0.4 is 5.56 Å². The Bertz CT molecular complexity index is 638. The van der Waals surface area contributed by atoms with E-state index in [-0.39, 0.29) is 5.56 Å². The molecular formula is C16H19NO. The third-order valence-electron chi connectivity index (χ3n) is 3.42. The van der Waals surface area contributed by atoms with Gasteiger partial charge in [0, 0.05) is 6.20 Å². The first-order valence-electron chi connectivity index (χ1n) is 6.48. The van der Waals surface area contributed by atoms with Gasteiger partial charge in [0.05, 0.1) is 5.56 Å². The lowest BCUT2D eigenvalue weighted by atomic mass is 9.98. The van der Waals surface area contributed by atoms with Gasteiger partial charge < -0.3 is 4.98 Å². The Kier molecular flexibility index (Phi) is 3.37. The molecule has 1 aliphatic carbocycles. The van der Waals surface area contributed by atoms with Crippen LogP contribution in [0.15, 0.2) is 29.2 Å². The summed E-state index contributed by atoms with van der Waals surface area (Å²) in [6, 6.07) is 6.24. The van der Waals surface area contributed by atoms with Crippen LogP contribution in [-0.2, 0) is 6.42 Å². The number of hydrogen-bond acceptors (Lipinski definition) is 1. The highest BCUT2D eigenvalue weighted by molar-refractivity contribution is 5.79.